The molecule has 3 aromatic rings. The van der Waals surface area contributed by atoms with Gasteiger partial charge in [-0.05, 0) is 54.4 Å². The van der Waals surface area contributed by atoms with Crippen molar-refractivity contribution >= 4 is 39.1 Å². The van der Waals surface area contributed by atoms with E-state index in [9.17, 15) is 8.42 Å². The molecule has 10 heteroatoms. The van der Waals surface area contributed by atoms with E-state index in [4.69, 9.17) is 11.6 Å². The van der Waals surface area contributed by atoms with Crippen molar-refractivity contribution in [3.05, 3.63) is 70.9 Å². The van der Waals surface area contributed by atoms with Crippen molar-refractivity contribution < 1.29 is 8.42 Å². The molecule has 0 amide bonds. The van der Waals surface area contributed by atoms with Gasteiger partial charge in [-0.25, -0.2) is 18.1 Å². The lowest BCUT2D eigenvalue weighted by molar-refractivity contribution is 0.582. The molecule has 1 aromatic carbocycles. The SMILES string of the molecule is Cc1ccnc(Nc2ccc(NCCNS(=O)(=O)Cc3cccc(Cl)c3)nn2)c1. The summed E-state index contributed by atoms with van der Waals surface area (Å²) in [6.07, 6.45) is 1.72. The number of aromatic nitrogens is 3. The molecule has 3 rings (SSSR count). The van der Waals surface area contributed by atoms with Crippen molar-refractivity contribution in [2.75, 3.05) is 23.7 Å². The minimum Gasteiger partial charge on any atom is -0.367 e. The summed E-state index contributed by atoms with van der Waals surface area (Å²) in [5.74, 6) is 1.67. The Hall–Kier alpha value is -2.75. The molecule has 0 saturated heterocycles. The molecule has 152 valence electrons. The third-order valence-corrected chi connectivity index (χ3v) is 5.43. The van der Waals surface area contributed by atoms with Gasteiger partial charge in [0.25, 0.3) is 0 Å². The highest BCUT2D eigenvalue weighted by Gasteiger charge is 2.11. The number of nitrogens with one attached hydrogen (secondary N) is 3. The van der Waals surface area contributed by atoms with Crippen molar-refractivity contribution in [2.24, 2.45) is 0 Å². The van der Waals surface area contributed by atoms with E-state index in [1.165, 1.54) is 0 Å². The maximum absolute atomic E-state index is 12.1. The van der Waals surface area contributed by atoms with Crippen molar-refractivity contribution in [1.29, 1.82) is 0 Å². The summed E-state index contributed by atoms with van der Waals surface area (Å²) in [7, 11) is -3.45. The minimum absolute atomic E-state index is 0.124. The Balaban J connectivity index is 1.44. The van der Waals surface area contributed by atoms with Crippen molar-refractivity contribution in [3.8, 4) is 0 Å². The second kappa shape index (κ2) is 9.64. The molecule has 0 unspecified atom stereocenters. The summed E-state index contributed by atoms with van der Waals surface area (Å²) in [6.45, 7) is 2.57. The summed E-state index contributed by atoms with van der Waals surface area (Å²) in [4.78, 5) is 4.21. The average molecular weight is 433 g/mol. The second-order valence-corrected chi connectivity index (χ2v) is 8.60. The molecular weight excluding hydrogens is 412 g/mol. The number of nitrogens with zero attached hydrogens (tertiary/aromatic N) is 3. The van der Waals surface area contributed by atoms with Crippen LogP contribution in [0.1, 0.15) is 11.1 Å². The summed E-state index contributed by atoms with van der Waals surface area (Å²) >= 11 is 5.89. The highest BCUT2D eigenvalue weighted by molar-refractivity contribution is 7.88. The summed E-state index contributed by atoms with van der Waals surface area (Å²) in [5, 5.41) is 14.8. The van der Waals surface area contributed by atoms with E-state index in [0.29, 0.717) is 34.6 Å². The van der Waals surface area contributed by atoms with Gasteiger partial charge in [0.2, 0.25) is 10.0 Å². The number of rotatable bonds is 9. The summed E-state index contributed by atoms with van der Waals surface area (Å²) in [5.41, 5.74) is 1.72. The highest BCUT2D eigenvalue weighted by Crippen LogP contribution is 2.14. The topological polar surface area (TPSA) is 109 Å². The zero-order valence-corrected chi connectivity index (χ0v) is 17.3. The number of hydrogen-bond acceptors (Lipinski definition) is 7. The van der Waals surface area contributed by atoms with Crippen LogP contribution in [-0.4, -0.2) is 36.7 Å². The second-order valence-electron chi connectivity index (χ2n) is 6.36. The normalized spacial score (nSPS) is 11.2. The molecule has 0 spiro atoms. The van der Waals surface area contributed by atoms with Gasteiger partial charge < -0.3 is 10.6 Å². The fourth-order valence-corrected chi connectivity index (χ4v) is 3.87. The molecule has 0 fully saturated rings. The van der Waals surface area contributed by atoms with Gasteiger partial charge in [-0.3, -0.25) is 0 Å². The molecule has 29 heavy (non-hydrogen) atoms. The first kappa shape index (κ1) is 21.0. The lowest BCUT2D eigenvalue weighted by Crippen LogP contribution is -2.30. The number of anilines is 3. The standard InChI is InChI=1S/C19H21ClN6O2S/c1-14-7-8-21-19(11-14)24-18-6-5-17(25-26-18)22-9-10-23-29(27,28)13-15-3-2-4-16(20)12-15/h2-8,11-12,23H,9-10,13H2,1H3,(H,22,25)(H,21,24,26). The molecule has 0 aliphatic rings. The molecule has 8 nitrogen and oxygen atoms in total. The Bertz CT molecular complexity index is 1060. The first-order valence-corrected chi connectivity index (χ1v) is 10.9. The third kappa shape index (κ3) is 6.97. The quantitative estimate of drug-likeness (QED) is 0.445. The average Bonchev–Trinajstić information content (AvgIpc) is 2.66. The van der Waals surface area contributed by atoms with Crippen LogP contribution in [0.25, 0.3) is 0 Å². The maximum Gasteiger partial charge on any atom is 0.215 e. The molecule has 0 bridgehead atoms. The van der Waals surface area contributed by atoms with Gasteiger partial charge >= 0.3 is 0 Å². The molecule has 2 heterocycles. The Morgan fingerprint density at radius 3 is 2.48 bits per heavy atom. The van der Waals surface area contributed by atoms with Crippen LogP contribution in [0.5, 0.6) is 0 Å². The fraction of sp³-hybridized carbons (Fsp3) is 0.211. The van der Waals surface area contributed by atoms with Crippen molar-refractivity contribution in [3.63, 3.8) is 0 Å². The maximum atomic E-state index is 12.1. The largest absolute Gasteiger partial charge is 0.367 e. The van der Waals surface area contributed by atoms with Crippen LogP contribution in [0.4, 0.5) is 17.5 Å². The van der Waals surface area contributed by atoms with Crippen LogP contribution in [0.3, 0.4) is 0 Å². The van der Waals surface area contributed by atoms with Crippen molar-refractivity contribution in [1.82, 2.24) is 19.9 Å². The lowest BCUT2D eigenvalue weighted by atomic mass is 10.2. The molecule has 0 aliphatic heterocycles. The molecule has 0 radical (unpaired) electrons. The Morgan fingerprint density at radius 2 is 1.76 bits per heavy atom. The third-order valence-electron chi connectivity index (χ3n) is 3.83. The van der Waals surface area contributed by atoms with E-state index in [1.54, 1.807) is 42.6 Å². The van der Waals surface area contributed by atoms with Crippen LogP contribution >= 0.6 is 11.6 Å². The van der Waals surface area contributed by atoms with Crippen LogP contribution in [0.2, 0.25) is 5.02 Å². The Morgan fingerprint density at radius 1 is 0.966 bits per heavy atom. The predicted octanol–water partition coefficient (Wildman–Crippen LogP) is 3.11. The van der Waals surface area contributed by atoms with E-state index in [0.717, 1.165) is 5.56 Å². The Labute approximate surface area is 174 Å². The van der Waals surface area contributed by atoms with Gasteiger partial charge in [0.15, 0.2) is 5.82 Å². The number of sulfonamides is 1. The van der Waals surface area contributed by atoms with Crippen LogP contribution in [-0.2, 0) is 15.8 Å². The van der Waals surface area contributed by atoms with Gasteiger partial charge in [-0.2, -0.15) is 0 Å². The molecule has 2 aromatic heterocycles. The van der Waals surface area contributed by atoms with Crippen molar-refractivity contribution in [2.45, 2.75) is 12.7 Å². The number of benzene rings is 1. The van der Waals surface area contributed by atoms with Gasteiger partial charge in [0.05, 0.1) is 5.75 Å². The molecule has 3 N–H and O–H groups in total. The molecule has 0 atom stereocenters. The molecule has 0 aliphatic carbocycles. The lowest BCUT2D eigenvalue weighted by Gasteiger charge is -2.09. The number of hydrogen-bond donors (Lipinski definition) is 3. The van der Waals surface area contributed by atoms with Crippen LogP contribution in [0.15, 0.2) is 54.7 Å². The Kier molecular flexibility index (Phi) is 6.97. The predicted molar refractivity (Wildman–Crippen MR) is 115 cm³/mol. The molecule has 0 saturated carbocycles. The zero-order chi connectivity index (χ0) is 20.7. The summed E-state index contributed by atoms with van der Waals surface area (Å²) in [6, 6.07) is 14.1. The van der Waals surface area contributed by atoms with Gasteiger partial charge in [0, 0.05) is 24.3 Å². The van der Waals surface area contributed by atoms with E-state index in [1.807, 2.05) is 19.1 Å². The zero-order valence-electron chi connectivity index (χ0n) is 15.8. The first-order chi connectivity index (χ1) is 13.9. The van der Waals surface area contributed by atoms with Crippen LogP contribution < -0.4 is 15.4 Å². The number of pyridine rings is 1. The minimum atomic E-state index is -3.45. The highest BCUT2D eigenvalue weighted by atomic mass is 35.5. The monoisotopic (exact) mass is 432 g/mol. The van der Waals surface area contributed by atoms with E-state index < -0.39 is 10.0 Å². The van der Waals surface area contributed by atoms with Crippen LogP contribution in [0, 0.1) is 6.92 Å². The summed E-state index contributed by atoms with van der Waals surface area (Å²) < 4.78 is 26.8. The smallest absolute Gasteiger partial charge is 0.215 e. The van der Waals surface area contributed by atoms with Gasteiger partial charge in [0.1, 0.15) is 11.6 Å². The van der Waals surface area contributed by atoms with E-state index in [-0.39, 0.29) is 12.3 Å². The first-order valence-electron chi connectivity index (χ1n) is 8.89. The number of halogens is 1. The molecular formula is C19H21ClN6O2S. The number of aryl methyl sites for hydroxylation is 1. The van der Waals surface area contributed by atoms with E-state index in [2.05, 4.69) is 30.5 Å². The van der Waals surface area contributed by atoms with Gasteiger partial charge in [-0.1, -0.05) is 23.7 Å². The van der Waals surface area contributed by atoms with E-state index >= 15 is 0 Å². The van der Waals surface area contributed by atoms with Gasteiger partial charge in [-0.15, -0.1) is 10.2 Å². The fourth-order valence-electron chi connectivity index (χ4n) is 2.52.